The number of nitrogens with zero attached hydrogens (tertiary/aromatic N) is 3. The first kappa shape index (κ1) is 17.0. The number of aromatic nitrogens is 2. The van der Waals surface area contributed by atoms with Crippen molar-refractivity contribution in [2.24, 2.45) is 0 Å². The van der Waals surface area contributed by atoms with Crippen LogP contribution in [0.3, 0.4) is 0 Å². The molecule has 0 unspecified atom stereocenters. The SMILES string of the molecule is O=c1oc2ccc(Cl)cc2n1CN1CCCC[C@@H]1c1nc2ccccc2s1. The van der Waals surface area contributed by atoms with E-state index < -0.39 is 0 Å². The number of oxazole rings is 1. The number of fused-ring (bicyclic) bond motifs is 2. The van der Waals surface area contributed by atoms with E-state index in [1.807, 2.05) is 12.1 Å². The summed E-state index contributed by atoms with van der Waals surface area (Å²) in [5.41, 5.74) is 2.35. The van der Waals surface area contributed by atoms with Gasteiger partial charge in [-0.15, -0.1) is 11.3 Å². The Kier molecular flexibility index (Phi) is 4.27. The lowest BCUT2D eigenvalue weighted by Gasteiger charge is -2.34. The summed E-state index contributed by atoms with van der Waals surface area (Å²) in [5.74, 6) is -0.346. The van der Waals surface area contributed by atoms with Crippen LogP contribution in [0, 0.1) is 0 Å². The molecule has 0 bridgehead atoms. The highest BCUT2D eigenvalue weighted by molar-refractivity contribution is 7.18. The highest BCUT2D eigenvalue weighted by Crippen LogP contribution is 2.36. The molecule has 1 aliphatic rings. The van der Waals surface area contributed by atoms with Crippen molar-refractivity contribution in [2.75, 3.05) is 6.54 Å². The van der Waals surface area contributed by atoms with Gasteiger partial charge in [-0.25, -0.2) is 9.78 Å². The molecule has 0 spiro atoms. The molecule has 4 aromatic rings. The summed E-state index contributed by atoms with van der Waals surface area (Å²) in [7, 11) is 0. The minimum Gasteiger partial charge on any atom is -0.408 e. The first-order chi connectivity index (χ1) is 13.2. The van der Waals surface area contributed by atoms with Gasteiger partial charge in [0.1, 0.15) is 5.01 Å². The van der Waals surface area contributed by atoms with Crippen molar-refractivity contribution in [1.29, 1.82) is 0 Å². The summed E-state index contributed by atoms with van der Waals surface area (Å²) < 4.78 is 8.27. The second-order valence-corrected chi connectivity index (χ2v) is 8.39. The predicted molar refractivity (Wildman–Crippen MR) is 108 cm³/mol. The molecule has 2 aromatic heterocycles. The standard InChI is InChI=1S/C20H18ClN3O2S/c21-13-8-9-17-16(11-13)24(20(25)26-17)12-23-10-4-3-6-15(23)19-22-14-5-1-2-7-18(14)27-19/h1-2,5,7-9,11,15H,3-4,6,10,12H2/t15-/m1/s1. The zero-order valence-corrected chi connectivity index (χ0v) is 16.2. The predicted octanol–water partition coefficient (Wildman–Crippen LogP) is 5.04. The van der Waals surface area contributed by atoms with Crippen molar-refractivity contribution in [2.45, 2.75) is 32.0 Å². The van der Waals surface area contributed by atoms with E-state index in [2.05, 4.69) is 17.0 Å². The molecule has 27 heavy (non-hydrogen) atoms. The molecule has 1 atom stereocenters. The Hall–Kier alpha value is -2.15. The lowest BCUT2D eigenvalue weighted by atomic mass is 10.0. The third-order valence-corrected chi connectivity index (χ3v) is 6.53. The number of para-hydroxylation sites is 1. The molecule has 0 saturated carbocycles. The van der Waals surface area contributed by atoms with Gasteiger partial charge in [0.15, 0.2) is 5.58 Å². The molecule has 5 rings (SSSR count). The van der Waals surface area contributed by atoms with E-state index in [1.165, 1.54) is 11.1 Å². The van der Waals surface area contributed by atoms with Crippen LogP contribution in [0.4, 0.5) is 0 Å². The largest absolute Gasteiger partial charge is 0.421 e. The summed E-state index contributed by atoms with van der Waals surface area (Å²) in [5, 5.41) is 1.72. The zero-order valence-electron chi connectivity index (χ0n) is 14.6. The lowest BCUT2D eigenvalue weighted by molar-refractivity contribution is 0.109. The molecule has 3 heterocycles. The van der Waals surface area contributed by atoms with Crippen LogP contribution in [0.1, 0.15) is 30.3 Å². The fourth-order valence-corrected chi connectivity index (χ4v) is 5.13. The topological polar surface area (TPSA) is 51.3 Å². The molecular weight excluding hydrogens is 382 g/mol. The second-order valence-electron chi connectivity index (χ2n) is 6.89. The fraction of sp³-hybridized carbons (Fsp3) is 0.300. The first-order valence-corrected chi connectivity index (χ1v) is 10.3. The fourth-order valence-electron chi connectivity index (χ4n) is 3.82. The van der Waals surface area contributed by atoms with Crippen LogP contribution in [0.2, 0.25) is 5.02 Å². The summed E-state index contributed by atoms with van der Waals surface area (Å²) in [6.07, 6.45) is 3.34. The number of thiazole rings is 1. The van der Waals surface area contributed by atoms with Crippen LogP contribution in [0.25, 0.3) is 21.3 Å². The Morgan fingerprint density at radius 1 is 1.22 bits per heavy atom. The van der Waals surface area contributed by atoms with Gasteiger partial charge in [-0.2, -0.15) is 0 Å². The van der Waals surface area contributed by atoms with Crippen molar-refractivity contribution in [3.63, 3.8) is 0 Å². The number of likely N-dealkylation sites (tertiary alicyclic amines) is 1. The molecule has 0 amide bonds. The first-order valence-electron chi connectivity index (χ1n) is 9.07. The molecule has 138 valence electrons. The van der Waals surface area contributed by atoms with E-state index in [0.717, 1.165) is 35.4 Å². The zero-order chi connectivity index (χ0) is 18.4. The quantitative estimate of drug-likeness (QED) is 0.484. The molecule has 1 aliphatic heterocycles. The van der Waals surface area contributed by atoms with Crippen LogP contribution in [0.5, 0.6) is 0 Å². The second kappa shape index (κ2) is 6.78. The molecule has 7 heteroatoms. The number of benzene rings is 2. The Bertz CT molecular complexity index is 1150. The van der Waals surface area contributed by atoms with Crippen molar-refractivity contribution < 1.29 is 4.42 Å². The van der Waals surface area contributed by atoms with Crippen LogP contribution in [-0.4, -0.2) is 21.0 Å². The average molecular weight is 400 g/mol. The Morgan fingerprint density at radius 2 is 2.11 bits per heavy atom. The summed E-state index contributed by atoms with van der Waals surface area (Å²) >= 11 is 7.88. The van der Waals surface area contributed by atoms with E-state index in [0.29, 0.717) is 17.3 Å². The monoisotopic (exact) mass is 399 g/mol. The van der Waals surface area contributed by atoms with Gasteiger partial charge in [-0.05, 0) is 43.2 Å². The van der Waals surface area contributed by atoms with Gasteiger partial charge in [-0.1, -0.05) is 30.2 Å². The van der Waals surface area contributed by atoms with E-state index in [4.69, 9.17) is 21.0 Å². The van der Waals surface area contributed by atoms with Crippen molar-refractivity contribution in [3.8, 4) is 0 Å². The van der Waals surface area contributed by atoms with E-state index in [9.17, 15) is 4.79 Å². The van der Waals surface area contributed by atoms with E-state index in [-0.39, 0.29) is 11.8 Å². The van der Waals surface area contributed by atoms with Crippen molar-refractivity contribution in [3.05, 3.63) is 63.0 Å². The van der Waals surface area contributed by atoms with Crippen molar-refractivity contribution in [1.82, 2.24) is 14.5 Å². The van der Waals surface area contributed by atoms with Gasteiger partial charge in [-0.3, -0.25) is 9.47 Å². The lowest BCUT2D eigenvalue weighted by Crippen LogP contribution is -2.37. The average Bonchev–Trinajstić information content (AvgIpc) is 3.24. The van der Waals surface area contributed by atoms with Gasteiger partial charge in [0.2, 0.25) is 0 Å². The molecule has 5 nitrogen and oxygen atoms in total. The van der Waals surface area contributed by atoms with Crippen LogP contribution >= 0.6 is 22.9 Å². The van der Waals surface area contributed by atoms with Gasteiger partial charge >= 0.3 is 5.76 Å². The number of hydrogen-bond donors (Lipinski definition) is 0. The minimum absolute atomic E-state index is 0.215. The van der Waals surface area contributed by atoms with Gasteiger partial charge in [0.05, 0.1) is 28.4 Å². The number of piperidine rings is 1. The maximum absolute atomic E-state index is 12.4. The van der Waals surface area contributed by atoms with Gasteiger partial charge in [0, 0.05) is 11.6 Å². The van der Waals surface area contributed by atoms with Crippen LogP contribution in [-0.2, 0) is 6.67 Å². The molecule has 0 N–H and O–H groups in total. The highest BCUT2D eigenvalue weighted by atomic mass is 35.5. The van der Waals surface area contributed by atoms with E-state index >= 15 is 0 Å². The summed E-state index contributed by atoms with van der Waals surface area (Å²) in [6, 6.07) is 13.7. The molecule has 2 aromatic carbocycles. The van der Waals surface area contributed by atoms with Crippen LogP contribution in [0.15, 0.2) is 51.7 Å². The minimum atomic E-state index is -0.346. The van der Waals surface area contributed by atoms with Gasteiger partial charge in [0.25, 0.3) is 0 Å². The summed E-state index contributed by atoms with van der Waals surface area (Å²) in [6.45, 7) is 1.41. The Morgan fingerprint density at radius 3 is 3.00 bits per heavy atom. The molecule has 0 radical (unpaired) electrons. The normalized spacial score (nSPS) is 18.5. The highest BCUT2D eigenvalue weighted by Gasteiger charge is 2.28. The maximum atomic E-state index is 12.4. The maximum Gasteiger partial charge on any atom is 0.421 e. The Labute approximate surface area is 164 Å². The van der Waals surface area contributed by atoms with Gasteiger partial charge < -0.3 is 4.42 Å². The smallest absolute Gasteiger partial charge is 0.408 e. The van der Waals surface area contributed by atoms with Crippen LogP contribution < -0.4 is 5.76 Å². The van der Waals surface area contributed by atoms with Crippen molar-refractivity contribution >= 4 is 44.3 Å². The number of rotatable bonds is 3. The number of hydrogen-bond acceptors (Lipinski definition) is 5. The Balaban J connectivity index is 1.52. The molecule has 1 fully saturated rings. The van der Waals surface area contributed by atoms with E-state index in [1.54, 1.807) is 34.1 Å². The molecule has 1 saturated heterocycles. The molecule has 0 aliphatic carbocycles. The summed E-state index contributed by atoms with van der Waals surface area (Å²) in [4.78, 5) is 19.6. The third kappa shape index (κ3) is 3.08. The molecular formula is C20H18ClN3O2S. The third-order valence-electron chi connectivity index (χ3n) is 5.16. The number of halogens is 1.